The van der Waals surface area contributed by atoms with Gasteiger partial charge < -0.3 is 24.8 Å². The Kier molecular flexibility index (Phi) is 7.91. The van der Waals surface area contributed by atoms with Crippen molar-refractivity contribution in [3.8, 4) is 0 Å². The number of hydrogen-bond acceptors (Lipinski definition) is 5. The van der Waals surface area contributed by atoms with Crippen LogP contribution in [0.3, 0.4) is 0 Å². The van der Waals surface area contributed by atoms with E-state index in [0.717, 1.165) is 76.4 Å². The van der Waals surface area contributed by atoms with E-state index < -0.39 is 0 Å². The summed E-state index contributed by atoms with van der Waals surface area (Å²) in [6.45, 7) is 17.3. The van der Waals surface area contributed by atoms with Gasteiger partial charge in [-0.3, -0.25) is 0 Å². The van der Waals surface area contributed by atoms with Gasteiger partial charge >= 0.3 is 6.03 Å². The highest BCUT2D eigenvalue weighted by Crippen LogP contribution is 2.37. The summed E-state index contributed by atoms with van der Waals surface area (Å²) in [6, 6.07) is 11.4. The number of carbonyl (C=O) groups is 1. The summed E-state index contributed by atoms with van der Waals surface area (Å²) in [5.74, 6) is 0.420. The zero-order valence-corrected chi connectivity index (χ0v) is 24.4. The van der Waals surface area contributed by atoms with Crippen molar-refractivity contribution in [1.29, 1.82) is 0 Å². The lowest BCUT2D eigenvalue weighted by atomic mass is 9.96. The number of nitrogens with one attached hydrogen (secondary N) is 1. The van der Waals surface area contributed by atoms with Crippen molar-refractivity contribution >= 4 is 49.2 Å². The molecule has 0 aliphatic carbocycles. The quantitative estimate of drug-likeness (QED) is 0.322. The minimum atomic E-state index is -0.231. The molecule has 0 saturated carbocycles. The van der Waals surface area contributed by atoms with Gasteiger partial charge in [0.05, 0.1) is 13.2 Å². The lowest BCUT2D eigenvalue weighted by molar-refractivity contribution is 0.122. The van der Waals surface area contributed by atoms with Gasteiger partial charge in [0.2, 0.25) is 11.3 Å². The SMILES string of the molecule is CCC(C)c1cc(N2CCCN(C(=O)NC(C)(C)C)CC2)cc2[s+]c3cc(N4CCOCC4)ccc3nc12. The molecule has 1 atom stereocenters. The lowest BCUT2D eigenvalue weighted by Gasteiger charge is -2.28. The summed E-state index contributed by atoms with van der Waals surface area (Å²) in [5, 5.41) is 3.12. The standard InChI is InChI=1S/C30H41N5O2S/c1-6-21(2)24-18-23(33-10-7-11-35(13-12-33)29(36)32-30(3,4)5)20-27-28(24)31-25-9-8-22(19-26(25)38-27)34-14-16-37-17-15-34/h8-9,18-21H,6-7,10-17H2,1-5H3/p+1. The van der Waals surface area contributed by atoms with Gasteiger partial charge in [-0.15, -0.1) is 0 Å². The van der Waals surface area contributed by atoms with Gasteiger partial charge in [0.1, 0.15) is 11.0 Å². The van der Waals surface area contributed by atoms with Crippen LogP contribution in [0.1, 0.15) is 58.9 Å². The zero-order chi connectivity index (χ0) is 26.9. The van der Waals surface area contributed by atoms with Crippen LogP contribution in [0.15, 0.2) is 30.3 Å². The van der Waals surface area contributed by atoms with Gasteiger partial charge in [-0.2, -0.15) is 0 Å². The summed E-state index contributed by atoms with van der Waals surface area (Å²) in [4.78, 5) is 24.8. The van der Waals surface area contributed by atoms with Crippen LogP contribution >= 0.6 is 11.3 Å². The Morgan fingerprint density at radius 1 is 1.00 bits per heavy atom. The molecule has 3 heterocycles. The molecule has 2 saturated heterocycles. The zero-order valence-electron chi connectivity index (χ0n) is 23.5. The van der Waals surface area contributed by atoms with Gasteiger partial charge in [0, 0.05) is 68.3 Å². The number of fused-ring (bicyclic) bond motifs is 2. The molecule has 3 aromatic rings. The molecule has 0 bridgehead atoms. The van der Waals surface area contributed by atoms with Gasteiger partial charge in [0.15, 0.2) is 0 Å². The molecule has 0 radical (unpaired) electrons. The summed E-state index contributed by atoms with van der Waals surface area (Å²) in [5.41, 5.74) is 5.77. The van der Waals surface area contributed by atoms with Crippen molar-refractivity contribution < 1.29 is 9.53 Å². The number of rotatable bonds is 4. The van der Waals surface area contributed by atoms with Crippen LogP contribution in [0, 0.1) is 0 Å². The largest absolute Gasteiger partial charge is 0.378 e. The molecule has 204 valence electrons. The van der Waals surface area contributed by atoms with Crippen molar-refractivity contribution in [1.82, 2.24) is 15.2 Å². The molecule has 7 nitrogen and oxygen atoms in total. The molecule has 8 heteroatoms. The molecule has 1 N–H and O–H groups in total. The van der Waals surface area contributed by atoms with Crippen LogP contribution in [0.4, 0.5) is 16.2 Å². The first-order chi connectivity index (χ1) is 18.2. The number of nitrogens with zero attached hydrogens (tertiary/aromatic N) is 4. The average Bonchev–Trinajstić information content (AvgIpc) is 3.17. The van der Waals surface area contributed by atoms with Crippen molar-refractivity contribution in [2.45, 2.75) is 58.9 Å². The third-order valence-corrected chi connectivity index (χ3v) is 8.71. The molecule has 2 aromatic carbocycles. The molecular formula is C30H42N5O2S+. The van der Waals surface area contributed by atoms with E-state index in [1.807, 2.05) is 37.0 Å². The molecule has 1 aromatic heterocycles. The predicted molar refractivity (Wildman–Crippen MR) is 160 cm³/mol. The number of urea groups is 1. The smallest absolute Gasteiger partial charge is 0.317 e. The number of carbonyl (C=O) groups excluding carboxylic acids is 1. The van der Waals surface area contributed by atoms with Gasteiger partial charge in [0.25, 0.3) is 9.40 Å². The minimum absolute atomic E-state index is 0.0344. The molecule has 2 aliphatic rings. The Hall–Kier alpha value is -2.71. The van der Waals surface area contributed by atoms with E-state index in [-0.39, 0.29) is 11.6 Å². The Bertz CT molecular complexity index is 1300. The average molecular weight is 537 g/mol. The van der Waals surface area contributed by atoms with Crippen LogP contribution in [0.2, 0.25) is 0 Å². The number of morpholine rings is 1. The lowest BCUT2D eigenvalue weighted by Crippen LogP contribution is -2.49. The van der Waals surface area contributed by atoms with Gasteiger partial charge in [-0.1, -0.05) is 13.8 Å². The molecule has 2 amide bonds. The van der Waals surface area contributed by atoms with Crippen LogP contribution in [0.25, 0.3) is 20.4 Å². The molecule has 0 spiro atoms. The highest BCUT2D eigenvalue weighted by Gasteiger charge is 2.26. The van der Waals surface area contributed by atoms with E-state index in [0.29, 0.717) is 5.92 Å². The molecular weight excluding hydrogens is 494 g/mol. The maximum atomic E-state index is 12.8. The van der Waals surface area contributed by atoms with Gasteiger partial charge in [-0.05, 0) is 63.3 Å². The van der Waals surface area contributed by atoms with Crippen molar-refractivity contribution in [3.05, 3.63) is 35.9 Å². The Balaban J connectivity index is 1.47. The Labute approximate surface area is 230 Å². The van der Waals surface area contributed by atoms with Crippen LogP contribution in [-0.4, -0.2) is 73.9 Å². The fraction of sp³-hybridized carbons (Fsp3) is 0.567. The summed E-state index contributed by atoms with van der Waals surface area (Å²) < 4.78 is 8.00. The number of benzene rings is 2. The van der Waals surface area contributed by atoms with Crippen molar-refractivity contribution in [2.75, 3.05) is 62.3 Å². The number of aromatic nitrogens is 1. The third-order valence-electron chi connectivity index (χ3n) is 7.63. The first kappa shape index (κ1) is 26.9. The first-order valence-corrected chi connectivity index (χ1v) is 14.9. The maximum absolute atomic E-state index is 12.8. The fourth-order valence-corrected chi connectivity index (χ4v) is 6.38. The molecule has 2 fully saturated rings. The highest BCUT2D eigenvalue weighted by molar-refractivity contribution is 7.24. The minimum Gasteiger partial charge on any atom is -0.378 e. The first-order valence-electron chi connectivity index (χ1n) is 14.1. The van der Waals surface area contributed by atoms with E-state index in [9.17, 15) is 4.79 Å². The van der Waals surface area contributed by atoms with E-state index in [1.54, 1.807) is 0 Å². The molecule has 5 rings (SSSR count). The van der Waals surface area contributed by atoms with Crippen LogP contribution in [-0.2, 0) is 4.74 Å². The van der Waals surface area contributed by atoms with E-state index in [1.165, 1.54) is 26.3 Å². The third kappa shape index (κ3) is 5.96. The number of hydrogen-bond donors (Lipinski definition) is 1. The highest BCUT2D eigenvalue weighted by atomic mass is 32.1. The molecule has 1 unspecified atom stereocenters. The predicted octanol–water partition coefficient (Wildman–Crippen LogP) is 6.10. The fourth-order valence-electron chi connectivity index (χ4n) is 5.30. The van der Waals surface area contributed by atoms with E-state index >= 15 is 0 Å². The number of amides is 2. The van der Waals surface area contributed by atoms with Gasteiger partial charge in [-0.25, -0.2) is 9.78 Å². The summed E-state index contributed by atoms with van der Waals surface area (Å²) in [6.07, 6.45) is 2.02. The molecule has 38 heavy (non-hydrogen) atoms. The normalized spacial score (nSPS) is 18.1. The second-order valence-corrected chi connectivity index (χ2v) is 12.7. The number of ether oxygens (including phenoxy) is 1. The Morgan fingerprint density at radius 2 is 1.74 bits per heavy atom. The second kappa shape index (κ2) is 11.2. The molecule has 2 aliphatic heterocycles. The van der Waals surface area contributed by atoms with Crippen LogP contribution in [0.5, 0.6) is 0 Å². The topological polar surface area (TPSA) is 60.9 Å². The van der Waals surface area contributed by atoms with E-state index in [2.05, 4.69) is 59.3 Å². The summed E-state index contributed by atoms with van der Waals surface area (Å²) >= 11 is 1.85. The number of anilines is 2. The maximum Gasteiger partial charge on any atom is 0.317 e. The van der Waals surface area contributed by atoms with Crippen molar-refractivity contribution in [2.24, 2.45) is 0 Å². The van der Waals surface area contributed by atoms with E-state index in [4.69, 9.17) is 9.72 Å². The monoisotopic (exact) mass is 536 g/mol. The van der Waals surface area contributed by atoms with Crippen molar-refractivity contribution in [3.63, 3.8) is 0 Å². The Morgan fingerprint density at radius 3 is 2.47 bits per heavy atom. The second-order valence-electron chi connectivity index (χ2n) is 11.7. The summed E-state index contributed by atoms with van der Waals surface area (Å²) in [7, 11) is 0. The van der Waals surface area contributed by atoms with Crippen LogP contribution < -0.4 is 15.1 Å².